The highest BCUT2D eigenvalue weighted by Gasteiger charge is 2.20. The second-order valence-corrected chi connectivity index (χ2v) is 5.00. The molecule has 0 aliphatic carbocycles. The first-order chi connectivity index (χ1) is 10.4. The number of carbonyl (C=O) groups is 1. The summed E-state index contributed by atoms with van der Waals surface area (Å²) < 4.78 is 11.8. The number of aliphatic carboxylic acids is 1. The van der Waals surface area contributed by atoms with Crippen LogP contribution in [0.15, 0.2) is 10.9 Å². The van der Waals surface area contributed by atoms with Crippen molar-refractivity contribution in [3.8, 4) is 11.5 Å². The first kappa shape index (κ1) is 16.1. The Morgan fingerprint density at radius 1 is 1.41 bits per heavy atom. The van der Waals surface area contributed by atoms with Crippen molar-refractivity contribution in [3.05, 3.63) is 27.3 Å². The lowest BCUT2D eigenvalue weighted by Gasteiger charge is -2.17. The molecule has 0 aliphatic heterocycles. The molecule has 0 amide bonds. The molecule has 7 nitrogen and oxygen atoms in total. The first-order valence-corrected chi connectivity index (χ1v) is 6.82. The maximum atomic E-state index is 12.2. The third-order valence-corrected chi connectivity index (χ3v) is 3.57. The molecule has 0 fully saturated rings. The Hall–Kier alpha value is -2.28. The number of methoxy groups -OCH3 is 2. The van der Waals surface area contributed by atoms with Gasteiger partial charge in [0.05, 0.1) is 31.4 Å². The predicted octanol–water partition coefficient (Wildman–Crippen LogP) is 1.85. The Kier molecular flexibility index (Phi) is 4.56. The van der Waals surface area contributed by atoms with Gasteiger partial charge in [-0.15, -0.1) is 0 Å². The Labute approximate surface area is 131 Å². The zero-order valence-corrected chi connectivity index (χ0v) is 13.1. The molecule has 0 spiro atoms. The zero-order chi connectivity index (χ0) is 16.4. The molecule has 1 heterocycles. The van der Waals surface area contributed by atoms with Crippen molar-refractivity contribution in [1.82, 2.24) is 9.55 Å². The number of nitrogens with zero attached hydrogens (tertiary/aromatic N) is 2. The number of carboxylic acids is 1. The van der Waals surface area contributed by atoms with Crippen molar-refractivity contribution in [1.29, 1.82) is 0 Å². The van der Waals surface area contributed by atoms with Gasteiger partial charge in [0.1, 0.15) is 5.52 Å². The standard InChI is InChI=1S/C14H15ClN2O5/c1-7-11-8(15)6-9(21-2)13(22-3)12(11)17(14(20)16-7)5-4-10(18)19/h6H,4-5H2,1-3H3,(H,18,19). The zero-order valence-electron chi connectivity index (χ0n) is 12.3. The summed E-state index contributed by atoms with van der Waals surface area (Å²) in [5, 5.41) is 9.74. The molecule has 22 heavy (non-hydrogen) atoms. The van der Waals surface area contributed by atoms with Crippen LogP contribution in [0.4, 0.5) is 0 Å². The highest BCUT2D eigenvalue weighted by molar-refractivity contribution is 6.36. The molecule has 2 aromatic rings. The van der Waals surface area contributed by atoms with E-state index in [4.69, 9.17) is 26.2 Å². The van der Waals surface area contributed by atoms with Gasteiger partial charge in [-0.3, -0.25) is 9.36 Å². The molecular formula is C14H15ClN2O5. The third-order valence-electron chi connectivity index (χ3n) is 3.27. The van der Waals surface area contributed by atoms with E-state index in [0.717, 1.165) is 0 Å². The topological polar surface area (TPSA) is 90.7 Å². The van der Waals surface area contributed by atoms with Crippen LogP contribution in [-0.4, -0.2) is 34.8 Å². The van der Waals surface area contributed by atoms with Crippen LogP contribution < -0.4 is 15.2 Å². The molecule has 0 unspecified atom stereocenters. The predicted molar refractivity (Wildman–Crippen MR) is 81.1 cm³/mol. The molecule has 0 saturated heterocycles. The van der Waals surface area contributed by atoms with Crippen molar-refractivity contribution in [2.24, 2.45) is 0 Å². The Morgan fingerprint density at radius 2 is 2.09 bits per heavy atom. The smallest absolute Gasteiger partial charge is 0.348 e. The number of benzene rings is 1. The lowest BCUT2D eigenvalue weighted by Crippen LogP contribution is -2.26. The molecule has 1 N–H and O–H groups in total. The van der Waals surface area contributed by atoms with E-state index in [0.29, 0.717) is 33.1 Å². The van der Waals surface area contributed by atoms with E-state index in [1.54, 1.807) is 13.0 Å². The van der Waals surface area contributed by atoms with Gasteiger partial charge >= 0.3 is 11.7 Å². The molecule has 1 aromatic heterocycles. The van der Waals surface area contributed by atoms with Gasteiger partial charge in [-0.2, -0.15) is 4.98 Å². The summed E-state index contributed by atoms with van der Waals surface area (Å²) in [6.07, 6.45) is -0.224. The van der Waals surface area contributed by atoms with E-state index < -0.39 is 11.7 Å². The van der Waals surface area contributed by atoms with Crippen LogP contribution >= 0.6 is 11.6 Å². The molecule has 0 aliphatic rings. The van der Waals surface area contributed by atoms with Crippen LogP contribution in [0.25, 0.3) is 10.9 Å². The number of hydrogen-bond donors (Lipinski definition) is 1. The summed E-state index contributed by atoms with van der Waals surface area (Å²) in [7, 11) is 2.89. The summed E-state index contributed by atoms with van der Waals surface area (Å²) >= 11 is 6.25. The van der Waals surface area contributed by atoms with Crippen molar-refractivity contribution in [2.45, 2.75) is 19.9 Å². The minimum absolute atomic E-state index is 0.0438. The fourth-order valence-electron chi connectivity index (χ4n) is 2.32. The van der Waals surface area contributed by atoms with E-state index in [9.17, 15) is 9.59 Å². The minimum Gasteiger partial charge on any atom is -0.493 e. The van der Waals surface area contributed by atoms with E-state index in [1.165, 1.54) is 18.8 Å². The second kappa shape index (κ2) is 6.23. The van der Waals surface area contributed by atoms with Gasteiger partial charge < -0.3 is 14.6 Å². The summed E-state index contributed by atoms with van der Waals surface area (Å²) in [5.74, 6) is -0.349. The van der Waals surface area contributed by atoms with E-state index in [1.807, 2.05) is 0 Å². The molecule has 118 valence electrons. The van der Waals surface area contributed by atoms with Crippen molar-refractivity contribution in [3.63, 3.8) is 0 Å². The van der Waals surface area contributed by atoms with Crippen LogP contribution in [0, 0.1) is 6.92 Å². The number of aromatic nitrogens is 2. The molecule has 0 saturated carbocycles. The second-order valence-electron chi connectivity index (χ2n) is 4.59. The third kappa shape index (κ3) is 2.71. The largest absolute Gasteiger partial charge is 0.493 e. The monoisotopic (exact) mass is 326 g/mol. The highest BCUT2D eigenvalue weighted by Crippen LogP contribution is 2.40. The minimum atomic E-state index is -1.02. The molecule has 8 heteroatoms. The van der Waals surface area contributed by atoms with Crippen molar-refractivity contribution in [2.75, 3.05) is 14.2 Å². The lowest BCUT2D eigenvalue weighted by molar-refractivity contribution is -0.137. The number of carboxylic acid groups (broad SMARTS) is 1. The normalized spacial score (nSPS) is 10.7. The lowest BCUT2D eigenvalue weighted by atomic mass is 10.1. The fourth-order valence-corrected chi connectivity index (χ4v) is 2.64. The molecule has 0 radical (unpaired) electrons. The number of hydrogen-bond acceptors (Lipinski definition) is 5. The van der Waals surface area contributed by atoms with Gasteiger partial charge in [0.15, 0.2) is 11.5 Å². The quantitative estimate of drug-likeness (QED) is 0.901. The van der Waals surface area contributed by atoms with E-state index in [2.05, 4.69) is 4.98 Å². The summed E-state index contributed by atoms with van der Waals surface area (Å²) in [4.78, 5) is 26.9. The van der Waals surface area contributed by atoms with E-state index >= 15 is 0 Å². The molecule has 1 aromatic carbocycles. The van der Waals surface area contributed by atoms with E-state index in [-0.39, 0.29) is 13.0 Å². The summed E-state index contributed by atoms with van der Waals surface area (Å²) in [6, 6.07) is 1.57. The number of ether oxygens (including phenoxy) is 2. The maximum absolute atomic E-state index is 12.2. The van der Waals surface area contributed by atoms with Crippen LogP contribution in [0.2, 0.25) is 5.02 Å². The van der Waals surface area contributed by atoms with Gasteiger partial charge in [-0.25, -0.2) is 4.79 Å². The van der Waals surface area contributed by atoms with Crippen molar-refractivity contribution >= 4 is 28.5 Å². The van der Waals surface area contributed by atoms with Gasteiger partial charge in [-0.1, -0.05) is 11.6 Å². The Balaban J connectivity index is 2.90. The highest BCUT2D eigenvalue weighted by atomic mass is 35.5. The van der Waals surface area contributed by atoms with Crippen LogP contribution in [-0.2, 0) is 11.3 Å². The van der Waals surface area contributed by atoms with Gasteiger partial charge in [0.25, 0.3) is 0 Å². The SMILES string of the molecule is COc1cc(Cl)c2c(C)nc(=O)n(CCC(=O)O)c2c1OC. The molecule has 2 rings (SSSR count). The van der Waals surface area contributed by atoms with Gasteiger partial charge in [0, 0.05) is 18.0 Å². The Bertz CT molecular complexity index is 800. The van der Waals surface area contributed by atoms with Crippen LogP contribution in [0.5, 0.6) is 11.5 Å². The fraction of sp³-hybridized carbons (Fsp3) is 0.357. The summed E-state index contributed by atoms with van der Waals surface area (Å²) in [5.41, 5.74) is 0.261. The molecular weight excluding hydrogens is 312 g/mol. The van der Waals surface area contributed by atoms with Crippen LogP contribution in [0.1, 0.15) is 12.1 Å². The molecule has 0 atom stereocenters. The van der Waals surface area contributed by atoms with Crippen LogP contribution in [0.3, 0.4) is 0 Å². The van der Waals surface area contributed by atoms with Gasteiger partial charge in [0.2, 0.25) is 0 Å². The average Bonchev–Trinajstić information content (AvgIpc) is 2.45. The van der Waals surface area contributed by atoms with Gasteiger partial charge in [-0.05, 0) is 6.92 Å². The Morgan fingerprint density at radius 3 is 2.64 bits per heavy atom. The number of aryl methyl sites for hydroxylation is 2. The number of rotatable bonds is 5. The first-order valence-electron chi connectivity index (χ1n) is 6.44. The number of fused-ring (bicyclic) bond motifs is 1. The summed E-state index contributed by atoms with van der Waals surface area (Å²) in [6.45, 7) is 1.61. The van der Waals surface area contributed by atoms with Crippen molar-refractivity contribution < 1.29 is 19.4 Å². The maximum Gasteiger partial charge on any atom is 0.348 e. The average molecular weight is 327 g/mol. The number of halogens is 1. The molecule has 0 bridgehead atoms.